The van der Waals surface area contributed by atoms with E-state index in [2.05, 4.69) is 0 Å². The normalized spacial score (nSPS) is 14.8. The summed E-state index contributed by atoms with van der Waals surface area (Å²) in [6.45, 7) is 0.346. The molecule has 0 unspecified atom stereocenters. The summed E-state index contributed by atoms with van der Waals surface area (Å²) in [5.41, 5.74) is 1.27. The smallest absolute Gasteiger partial charge is 0.323 e. The van der Waals surface area contributed by atoms with Gasteiger partial charge in [-0.15, -0.1) is 11.3 Å². The molecular weight excluding hydrogens is 302 g/mol. The van der Waals surface area contributed by atoms with Gasteiger partial charge in [-0.25, -0.2) is 0 Å². The largest absolute Gasteiger partial charge is 0.480 e. The van der Waals surface area contributed by atoms with Gasteiger partial charge in [-0.3, -0.25) is 9.59 Å². The molecule has 1 aromatic heterocycles. The van der Waals surface area contributed by atoms with Gasteiger partial charge in [0.15, 0.2) is 0 Å². The molecule has 0 atom stereocenters. The summed E-state index contributed by atoms with van der Waals surface area (Å²) in [4.78, 5) is 26.9. The van der Waals surface area contributed by atoms with Crippen LogP contribution < -0.4 is 0 Å². The molecule has 0 saturated carbocycles. The van der Waals surface area contributed by atoms with Gasteiger partial charge in [0.1, 0.15) is 6.54 Å². The second kappa shape index (κ2) is 8.29. The molecule has 1 amide bonds. The maximum absolute atomic E-state index is 12.6. The van der Waals surface area contributed by atoms with Gasteiger partial charge in [0.25, 0.3) is 5.91 Å². The molecule has 1 aliphatic carbocycles. The lowest BCUT2D eigenvalue weighted by atomic mass is 10.00. The van der Waals surface area contributed by atoms with Crippen LogP contribution in [0.4, 0.5) is 0 Å². The number of thiophene rings is 1. The van der Waals surface area contributed by atoms with Crippen LogP contribution in [0, 0.1) is 0 Å². The third kappa shape index (κ3) is 4.55. The van der Waals surface area contributed by atoms with Crippen LogP contribution in [-0.4, -0.2) is 48.7 Å². The van der Waals surface area contributed by atoms with Crippen molar-refractivity contribution in [1.29, 1.82) is 0 Å². The summed E-state index contributed by atoms with van der Waals surface area (Å²) in [5.74, 6) is -1.20. The minimum absolute atomic E-state index is 0.198. The van der Waals surface area contributed by atoms with Crippen LogP contribution in [0.3, 0.4) is 0 Å². The topological polar surface area (TPSA) is 66.8 Å². The number of nitrogens with zero attached hydrogens (tertiary/aromatic N) is 1. The number of amides is 1. The van der Waals surface area contributed by atoms with Crippen LogP contribution >= 0.6 is 11.3 Å². The number of hydrogen-bond acceptors (Lipinski definition) is 4. The Morgan fingerprint density at radius 3 is 2.68 bits per heavy atom. The molecule has 0 spiro atoms. The van der Waals surface area contributed by atoms with Crippen molar-refractivity contribution in [2.75, 3.05) is 26.8 Å². The van der Waals surface area contributed by atoms with Gasteiger partial charge in [-0.1, -0.05) is 12.8 Å². The molecular formula is C16H23NO4S. The monoisotopic (exact) mass is 325 g/mol. The van der Waals surface area contributed by atoms with Crippen LogP contribution in [0.25, 0.3) is 0 Å². The zero-order chi connectivity index (χ0) is 15.9. The number of carbonyl (C=O) groups is 2. The second-order valence-corrected chi connectivity index (χ2v) is 6.72. The van der Waals surface area contributed by atoms with Crippen molar-refractivity contribution in [2.24, 2.45) is 0 Å². The van der Waals surface area contributed by atoms with Crippen LogP contribution in [0.15, 0.2) is 6.07 Å². The van der Waals surface area contributed by atoms with Crippen LogP contribution in [0.2, 0.25) is 0 Å². The first-order valence-corrected chi connectivity index (χ1v) is 8.55. The van der Waals surface area contributed by atoms with Gasteiger partial charge in [0.2, 0.25) is 0 Å². The van der Waals surface area contributed by atoms with Crippen LogP contribution in [0.1, 0.15) is 45.8 Å². The summed E-state index contributed by atoms with van der Waals surface area (Å²) >= 11 is 1.53. The van der Waals surface area contributed by atoms with E-state index in [0.29, 0.717) is 18.0 Å². The van der Waals surface area contributed by atoms with Gasteiger partial charge in [-0.05, 0) is 37.3 Å². The minimum atomic E-state index is -1.00. The molecule has 122 valence electrons. The van der Waals surface area contributed by atoms with E-state index in [0.717, 1.165) is 12.8 Å². The number of fused-ring (bicyclic) bond motifs is 1. The molecule has 2 rings (SSSR count). The SMILES string of the molecule is COCCN(CC(=O)O)C(=O)c1cc2c(s1)CCCCCC2. The number of rotatable bonds is 6. The highest BCUT2D eigenvalue weighted by Gasteiger charge is 2.22. The van der Waals surface area contributed by atoms with Crippen LogP contribution in [-0.2, 0) is 22.4 Å². The predicted octanol–water partition coefficient (Wildman–Crippen LogP) is 2.58. The number of aliphatic carboxylic acids is 1. The van der Waals surface area contributed by atoms with Gasteiger partial charge >= 0.3 is 5.97 Å². The number of methoxy groups -OCH3 is 1. The van der Waals surface area contributed by atoms with Crippen molar-refractivity contribution >= 4 is 23.2 Å². The third-order valence-electron chi connectivity index (χ3n) is 3.89. The van der Waals surface area contributed by atoms with Crippen molar-refractivity contribution in [3.63, 3.8) is 0 Å². The summed E-state index contributed by atoms with van der Waals surface area (Å²) in [7, 11) is 1.54. The Morgan fingerprint density at radius 2 is 2.00 bits per heavy atom. The van der Waals surface area contributed by atoms with E-state index >= 15 is 0 Å². The molecule has 1 heterocycles. The molecule has 0 fully saturated rings. The van der Waals surface area contributed by atoms with E-state index in [9.17, 15) is 9.59 Å². The molecule has 5 nitrogen and oxygen atoms in total. The van der Waals surface area contributed by atoms with Crippen molar-refractivity contribution in [3.05, 3.63) is 21.4 Å². The predicted molar refractivity (Wildman–Crippen MR) is 85.6 cm³/mol. The average Bonchev–Trinajstić information content (AvgIpc) is 2.84. The minimum Gasteiger partial charge on any atom is -0.480 e. The fourth-order valence-electron chi connectivity index (χ4n) is 2.72. The van der Waals surface area contributed by atoms with E-state index < -0.39 is 5.97 Å². The summed E-state index contributed by atoms with van der Waals surface area (Å²) in [6, 6.07) is 1.97. The van der Waals surface area contributed by atoms with E-state index in [4.69, 9.17) is 9.84 Å². The molecule has 0 bridgehead atoms. The van der Waals surface area contributed by atoms with Crippen molar-refractivity contribution in [3.8, 4) is 0 Å². The van der Waals surface area contributed by atoms with Gasteiger partial charge in [0.05, 0.1) is 11.5 Å². The first-order chi connectivity index (χ1) is 10.6. The lowest BCUT2D eigenvalue weighted by Gasteiger charge is -2.19. The van der Waals surface area contributed by atoms with Gasteiger partial charge in [0, 0.05) is 18.5 Å². The van der Waals surface area contributed by atoms with E-state index in [1.54, 1.807) is 7.11 Å². The number of ether oxygens (including phenoxy) is 1. The number of aryl methyl sites for hydroxylation is 2. The number of carboxylic acid groups (broad SMARTS) is 1. The fraction of sp³-hybridized carbons (Fsp3) is 0.625. The molecule has 1 N–H and O–H groups in total. The van der Waals surface area contributed by atoms with E-state index in [1.807, 2.05) is 6.07 Å². The summed E-state index contributed by atoms with van der Waals surface area (Å²) in [5, 5.41) is 8.98. The Hall–Kier alpha value is -1.40. The Bertz CT molecular complexity index is 501. The quantitative estimate of drug-likeness (QED) is 0.873. The molecule has 0 radical (unpaired) electrons. The molecule has 6 heteroatoms. The standard InChI is InChI=1S/C16H23NO4S/c1-21-9-8-17(11-15(18)19)16(20)14-10-12-6-4-2-3-5-7-13(12)22-14/h10H,2-9,11H2,1H3,(H,18,19). The molecule has 0 saturated heterocycles. The van der Waals surface area contributed by atoms with E-state index in [-0.39, 0.29) is 12.5 Å². The van der Waals surface area contributed by atoms with Crippen molar-refractivity contribution in [2.45, 2.75) is 38.5 Å². The van der Waals surface area contributed by atoms with E-state index in [1.165, 1.54) is 52.4 Å². The lowest BCUT2D eigenvalue weighted by Crippen LogP contribution is -2.37. The maximum atomic E-state index is 12.6. The molecule has 0 aliphatic heterocycles. The Balaban J connectivity index is 2.15. The zero-order valence-corrected chi connectivity index (χ0v) is 13.8. The summed E-state index contributed by atoms with van der Waals surface area (Å²) < 4.78 is 4.97. The lowest BCUT2D eigenvalue weighted by molar-refractivity contribution is -0.137. The van der Waals surface area contributed by atoms with Gasteiger partial charge < -0.3 is 14.7 Å². The van der Waals surface area contributed by atoms with Gasteiger partial charge in [-0.2, -0.15) is 0 Å². The first kappa shape index (κ1) is 17.0. The second-order valence-electron chi connectivity index (χ2n) is 5.59. The molecule has 1 aliphatic rings. The Morgan fingerprint density at radius 1 is 1.27 bits per heavy atom. The highest BCUT2D eigenvalue weighted by atomic mass is 32.1. The van der Waals surface area contributed by atoms with Crippen LogP contribution in [0.5, 0.6) is 0 Å². The van der Waals surface area contributed by atoms with Crippen molar-refractivity contribution < 1.29 is 19.4 Å². The molecule has 1 aromatic rings. The highest BCUT2D eigenvalue weighted by molar-refractivity contribution is 7.14. The first-order valence-electron chi connectivity index (χ1n) is 7.73. The average molecular weight is 325 g/mol. The molecule has 0 aromatic carbocycles. The summed E-state index contributed by atoms with van der Waals surface area (Å²) in [6.07, 6.45) is 6.89. The number of carboxylic acids is 1. The Kier molecular flexibility index (Phi) is 6.39. The van der Waals surface area contributed by atoms with Crippen molar-refractivity contribution in [1.82, 2.24) is 4.90 Å². The third-order valence-corrected chi connectivity index (χ3v) is 5.11. The maximum Gasteiger partial charge on any atom is 0.323 e. The zero-order valence-electron chi connectivity index (χ0n) is 13.0. The molecule has 22 heavy (non-hydrogen) atoms. The fourth-order valence-corrected chi connectivity index (χ4v) is 3.94. The highest BCUT2D eigenvalue weighted by Crippen LogP contribution is 2.29. The number of hydrogen-bond donors (Lipinski definition) is 1. The Labute approximate surface area is 134 Å². The number of carbonyl (C=O) groups excluding carboxylic acids is 1.